The second-order valence-corrected chi connectivity index (χ2v) is 7.41. The molecule has 0 fully saturated rings. The Balaban J connectivity index is 2.17. The van der Waals surface area contributed by atoms with Crippen LogP contribution in [0.1, 0.15) is 21.6 Å². The maximum absolute atomic E-state index is 12.0. The molecule has 0 bridgehead atoms. The lowest BCUT2D eigenvalue weighted by Crippen LogP contribution is -2.04. The second kappa shape index (κ2) is 5.42. The smallest absolute Gasteiger partial charge is 0.170 e. The molecule has 17 heavy (non-hydrogen) atoms. The number of thiophene rings is 1. The number of carbonyl (C=O) groups is 1. The third-order valence-electron chi connectivity index (χ3n) is 2.27. The number of hydrogen-bond acceptors (Lipinski definition) is 3. The van der Waals surface area contributed by atoms with E-state index in [1.807, 2.05) is 25.1 Å². The number of rotatable bonds is 3. The van der Waals surface area contributed by atoms with Gasteiger partial charge in [0.2, 0.25) is 0 Å². The first-order valence-electron chi connectivity index (χ1n) is 4.96. The lowest BCUT2D eigenvalue weighted by Gasteiger charge is -2.00. The highest BCUT2D eigenvalue weighted by Gasteiger charge is 2.14. The standard InChI is InChI=1S/C12H9Br2NOS/c1-7-2-3-8(15-6-7)4-10(16)9-5-11(13)17-12(9)14/h2-3,5-6H,4H2,1H3. The summed E-state index contributed by atoms with van der Waals surface area (Å²) in [6.07, 6.45) is 2.11. The first kappa shape index (κ1) is 12.9. The first-order valence-corrected chi connectivity index (χ1v) is 7.36. The Morgan fingerprint density at radius 2 is 2.18 bits per heavy atom. The summed E-state index contributed by atoms with van der Waals surface area (Å²) in [7, 11) is 0. The van der Waals surface area contributed by atoms with Crippen LogP contribution >= 0.6 is 43.2 Å². The Bertz CT molecular complexity index is 548. The van der Waals surface area contributed by atoms with Gasteiger partial charge in [-0.05, 0) is 56.5 Å². The average Bonchev–Trinajstić information content (AvgIpc) is 2.61. The van der Waals surface area contributed by atoms with Gasteiger partial charge >= 0.3 is 0 Å². The minimum absolute atomic E-state index is 0.0789. The zero-order valence-corrected chi connectivity index (χ0v) is 13.0. The highest BCUT2D eigenvalue weighted by molar-refractivity contribution is 9.12. The van der Waals surface area contributed by atoms with Crippen molar-refractivity contribution in [3.05, 3.63) is 48.8 Å². The Morgan fingerprint density at radius 1 is 1.41 bits per heavy atom. The minimum atomic E-state index is 0.0789. The van der Waals surface area contributed by atoms with Crippen molar-refractivity contribution in [2.24, 2.45) is 0 Å². The van der Waals surface area contributed by atoms with Gasteiger partial charge in [0.05, 0.1) is 14.0 Å². The number of nitrogens with zero attached hydrogens (tertiary/aromatic N) is 1. The van der Waals surface area contributed by atoms with Crippen LogP contribution in [0, 0.1) is 6.92 Å². The lowest BCUT2D eigenvalue weighted by atomic mass is 10.1. The molecule has 0 amide bonds. The van der Waals surface area contributed by atoms with E-state index < -0.39 is 0 Å². The number of halogens is 2. The molecule has 2 aromatic rings. The summed E-state index contributed by atoms with van der Waals surface area (Å²) in [6, 6.07) is 5.70. The van der Waals surface area contributed by atoms with Crippen LogP contribution in [0.2, 0.25) is 0 Å². The van der Waals surface area contributed by atoms with Gasteiger partial charge in [0.1, 0.15) is 0 Å². The molecule has 0 radical (unpaired) electrons. The molecule has 0 unspecified atom stereocenters. The minimum Gasteiger partial charge on any atom is -0.294 e. The molecular weight excluding hydrogens is 366 g/mol. The van der Waals surface area contributed by atoms with E-state index in [0.29, 0.717) is 12.0 Å². The van der Waals surface area contributed by atoms with Gasteiger partial charge in [0, 0.05) is 17.5 Å². The molecular formula is C12H9Br2NOS. The number of Topliss-reactive ketones (excluding diaryl/α,β-unsaturated/α-hetero) is 1. The normalized spacial score (nSPS) is 10.5. The van der Waals surface area contributed by atoms with Crippen LogP contribution < -0.4 is 0 Å². The van der Waals surface area contributed by atoms with E-state index in [0.717, 1.165) is 18.8 Å². The van der Waals surface area contributed by atoms with Crippen LogP contribution in [0.15, 0.2) is 32.0 Å². The van der Waals surface area contributed by atoms with Gasteiger partial charge in [-0.15, -0.1) is 11.3 Å². The molecule has 0 aliphatic rings. The van der Waals surface area contributed by atoms with Crippen molar-refractivity contribution in [3.63, 3.8) is 0 Å². The molecule has 0 atom stereocenters. The maximum atomic E-state index is 12.0. The van der Waals surface area contributed by atoms with Gasteiger partial charge in [-0.25, -0.2) is 0 Å². The Morgan fingerprint density at radius 3 is 2.71 bits per heavy atom. The van der Waals surface area contributed by atoms with Crippen LogP contribution in [-0.4, -0.2) is 10.8 Å². The number of carbonyl (C=O) groups excluding carboxylic acids is 1. The van der Waals surface area contributed by atoms with Crippen molar-refractivity contribution in [2.45, 2.75) is 13.3 Å². The molecule has 5 heteroatoms. The van der Waals surface area contributed by atoms with E-state index >= 15 is 0 Å². The molecule has 0 aliphatic heterocycles. The van der Waals surface area contributed by atoms with Gasteiger partial charge < -0.3 is 0 Å². The number of aryl methyl sites for hydroxylation is 1. The zero-order valence-electron chi connectivity index (χ0n) is 9.04. The average molecular weight is 375 g/mol. The van der Waals surface area contributed by atoms with Crippen molar-refractivity contribution in [1.82, 2.24) is 4.98 Å². The predicted molar refractivity (Wildman–Crippen MR) is 76.7 cm³/mol. The first-order chi connectivity index (χ1) is 8.06. The third kappa shape index (κ3) is 3.24. The lowest BCUT2D eigenvalue weighted by molar-refractivity contribution is 0.0991. The number of ketones is 1. The monoisotopic (exact) mass is 373 g/mol. The van der Waals surface area contributed by atoms with Crippen LogP contribution in [0.3, 0.4) is 0 Å². The molecule has 0 saturated carbocycles. The van der Waals surface area contributed by atoms with Crippen molar-refractivity contribution < 1.29 is 4.79 Å². The summed E-state index contributed by atoms with van der Waals surface area (Å²) in [6.45, 7) is 1.98. The molecule has 0 saturated heterocycles. The Kier molecular flexibility index (Phi) is 4.12. The highest BCUT2D eigenvalue weighted by Crippen LogP contribution is 2.32. The van der Waals surface area contributed by atoms with E-state index in [9.17, 15) is 4.79 Å². The van der Waals surface area contributed by atoms with Crippen LogP contribution in [0.25, 0.3) is 0 Å². The number of hydrogen-bond donors (Lipinski definition) is 0. The van der Waals surface area contributed by atoms with Gasteiger partial charge in [-0.3, -0.25) is 9.78 Å². The molecule has 0 aliphatic carbocycles. The van der Waals surface area contributed by atoms with E-state index in [4.69, 9.17) is 0 Å². The predicted octanol–water partition coefficient (Wildman–Crippen LogP) is 4.40. The fourth-order valence-corrected chi connectivity index (χ4v) is 4.25. The molecule has 2 aromatic heterocycles. The molecule has 2 heterocycles. The van der Waals surface area contributed by atoms with Crippen LogP contribution in [-0.2, 0) is 6.42 Å². The van der Waals surface area contributed by atoms with Crippen molar-refractivity contribution in [3.8, 4) is 0 Å². The Hall–Kier alpha value is -0.520. The Labute approximate surface area is 120 Å². The summed E-state index contributed by atoms with van der Waals surface area (Å²) >= 11 is 8.26. The van der Waals surface area contributed by atoms with Crippen molar-refractivity contribution in [1.29, 1.82) is 0 Å². The quantitative estimate of drug-likeness (QED) is 0.745. The molecule has 88 valence electrons. The van der Waals surface area contributed by atoms with Crippen LogP contribution in [0.5, 0.6) is 0 Å². The SMILES string of the molecule is Cc1ccc(CC(=O)c2cc(Br)sc2Br)nc1. The van der Waals surface area contributed by atoms with Gasteiger partial charge in [-0.1, -0.05) is 6.07 Å². The topological polar surface area (TPSA) is 30.0 Å². The zero-order chi connectivity index (χ0) is 12.4. The summed E-state index contributed by atoms with van der Waals surface area (Å²) in [5.41, 5.74) is 2.61. The molecule has 0 aromatic carbocycles. The van der Waals surface area contributed by atoms with Gasteiger partial charge in [0.25, 0.3) is 0 Å². The largest absolute Gasteiger partial charge is 0.294 e. The van der Waals surface area contributed by atoms with E-state index in [2.05, 4.69) is 36.8 Å². The molecule has 0 N–H and O–H groups in total. The van der Waals surface area contributed by atoms with Crippen molar-refractivity contribution >= 4 is 49.0 Å². The number of aromatic nitrogens is 1. The third-order valence-corrected chi connectivity index (χ3v) is 4.61. The van der Waals surface area contributed by atoms with E-state index in [-0.39, 0.29) is 5.78 Å². The van der Waals surface area contributed by atoms with Gasteiger partial charge in [0.15, 0.2) is 5.78 Å². The van der Waals surface area contributed by atoms with Crippen LogP contribution in [0.4, 0.5) is 0 Å². The summed E-state index contributed by atoms with van der Waals surface area (Å²) in [5.74, 6) is 0.0789. The molecule has 2 rings (SSSR count). The summed E-state index contributed by atoms with van der Waals surface area (Å²) in [4.78, 5) is 16.3. The fraction of sp³-hybridized carbons (Fsp3) is 0.167. The highest BCUT2D eigenvalue weighted by atomic mass is 79.9. The second-order valence-electron chi connectivity index (χ2n) is 3.66. The number of pyridine rings is 1. The fourth-order valence-electron chi connectivity index (χ4n) is 1.39. The van der Waals surface area contributed by atoms with Crippen molar-refractivity contribution in [2.75, 3.05) is 0 Å². The van der Waals surface area contributed by atoms with E-state index in [1.165, 1.54) is 11.3 Å². The summed E-state index contributed by atoms with van der Waals surface area (Å²) in [5, 5.41) is 0. The van der Waals surface area contributed by atoms with E-state index in [1.54, 1.807) is 6.20 Å². The van der Waals surface area contributed by atoms with Gasteiger partial charge in [-0.2, -0.15) is 0 Å². The molecule has 0 spiro atoms. The maximum Gasteiger partial charge on any atom is 0.170 e. The molecule has 2 nitrogen and oxygen atoms in total. The summed E-state index contributed by atoms with van der Waals surface area (Å²) < 4.78 is 1.81.